The van der Waals surface area contributed by atoms with E-state index < -0.39 is 18.0 Å². The maximum atomic E-state index is 12.6. The molecule has 116 valence electrons. The highest BCUT2D eigenvalue weighted by Crippen LogP contribution is 2.34. The summed E-state index contributed by atoms with van der Waals surface area (Å²) in [6, 6.07) is 2.95. The maximum absolute atomic E-state index is 12.6. The normalized spacial score (nSPS) is 16.9. The smallest absolute Gasteiger partial charge is 0.337 e. The number of likely N-dealkylation sites (tertiary alicyclic amines) is 1. The van der Waals surface area contributed by atoms with Gasteiger partial charge in [0.2, 0.25) is 0 Å². The summed E-state index contributed by atoms with van der Waals surface area (Å²) in [5.41, 5.74) is 2.27. The van der Waals surface area contributed by atoms with Crippen molar-refractivity contribution in [3.8, 4) is 0 Å². The van der Waals surface area contributed by atoms with Gasteiger partial charge in [-0.05, 0) is 25.0 Å². The van der Waals surface area contributed by atoms with Crippen LogP contribution in [0.4, 0.5) is 19.0 Å². The van der Waals surface area contributed by atoms with E-state index in [1.807, 2.05) is 0 Å². The first-order valence-corrected chi connectivity index (χ1v) is 6.70. The van der Waals surface area contributed by atoms with E-state index in [-0.39, 0.29) is 42.5 Å². The van der Waals surface area contributed by atoms with Crippen LogP contribution in [0.2, 0.25) is 5.02 Å². The molecule has 0 radical (unpaired) electrons. The van der Waals surface area contributed by atoms with Crippen LogP contribution in [-0.2, 0) is 0 Å². The molecule has 1 aliphatic heterocycles. The second kappa shape index (κ2) is 6.07. The van der Waals surface area contributed by atoms with Gasteiger partial charge in [-0.25, -0.2) is 10.8 Å². The Hall–Kier alpha value is -1.54. The monoisotopic (exact) mass is 322 g/mol. The Bertz CT molecular complexity index is 530. The molecule has 5 nitrogen and oxygen atoms in total. The number of nitrogens with two attached hydrogens (primary N) is 1. The van der Waals surface area contributed by atoms with Gasteiger partial charge in [-0.2, -0.15) is 13.2 Å². The zero-order chi connectivity index (χ0) is 15.6. The molecule has 0 aromatic carbocycles. The van der Waals surface area contributed by atoms with Gasteiger partial charge in [0.25, 0.3) is 5.91 Å². The van der Waals surface area contributed by atoms with Crippen LogP contribution in [0.25, 0.3) is 0 Å². The summed E-state index contributed by atoms with van der Waals surface area (Å²) < 4.78 is 37.8. The number of nitrogens with one attached hydrogen (secondary N) is 1. The van der Waals surface area contributed by atoms with Crippen molar-refractivity contribution in [1.29, 1.82) is 0 Å². The first kappa shape index (κ1) is 15.8. The molecule has 1 amide bonds. The molecule has 0 spiro atoms. The largest absolute Gasteiger partial charge is 0.391 e. The Balaban J connectivity index is 2.09. The molecule has 3 N–H and O–H groups in total. The number of nitrogen functional groups attached to an aromatic ring is 1. The van der Waals surface area contributed by atoms with Crippen LogP contribution in [0.15, 0.2) is 12.1 Å². The highest BCUT2D eigenvalue weighted by molar-refractivity contribution is 6.33. The number of alkyl halides is 3. The minimum Gasteiger partial charge on any atom is -0.337 e. The standard InChI is InChI=1S/C12H14ClF3N4O/c13-8-1-2-9(19-17)18-10(8)11(21)20-5-3-7(4-6-20)12(14,15)16/h1-2,7H,3-6,17H2,(H,18,19). The number of pyridine rings is 1. The van der Waals surface area contributed by atoms with Crippen LogP contribution < -0.4 is 11.3 Å². The lowest BCUT2D eigenvalue weighted by molar-refractivity contribution is -0.183. The van der Waals surface area contributed by atoms with Crippen LogP contribution in [0, 0.1) is 5.92 Å². The number of hydrazine groups is 1. The quantitative estimate of drug-likeness (QED) is 0.648. The minimum atomic E-state index is -4.21. The van der Waals surface area contributed by atoms with Gasteiger partial charge in [-0.3, -0.25) is 4.79 Å². The Kier molecular flexibility index (Phi) is 4.58. The molecule has 2 rings (SSSR count). The fourth-order valence-corrected chi connectivity index (χ4v) is 2.42. The highest BCUT2D eigenvalue weighted by Gasteiger charge is 2.42. The maximum Gasteiger partial charge on any atom is 0.391 e. The van der Waals surface area contributed by atoms with Crippen molar-refractivity contribution in [2.45, 2.75) is 19.0 Å². The van der Waals surface area contributed by atoms with E-state index in [1.54, 1.807) is 0 Å². The van der Waals surface area contributed by atoms with E-state index in [1.165, 1.54) is 17.0 Å². The van der Waals surface area contributed by atoms with Gasteiger partial charge in [-0.1, -0.05) is 11.6 Å². The van der Waals surface area contributed by atoms with E-state index in [2.05, 4.69) is 10.4 Å². The number of aromatic nitrogens is 1. The molecule has 1 aromatic heterocycles. The van der Waals surface area contributed by atoms with Crippen LogP contribution in [0.3, 0.4) is 0 Å². The molecular formula is C12H14ClF3N4O. The van der Waals surface area contributed by atoms with Crippen LogP contribution >= 0.6 is 11.6 Å². The van der Waals surface area contributed by atoms with Crippen LogP contribution in [0.1, 0.15) is 23.3 Å². The number of hydrogen-bond donors (Lipinski definition) is 2. The number of piperidine rings is 1. The average molecular weight is 323 g/mol. The molecule has 0 unspecified atom stereocenters. The molecule has 1 aliphatic rings. The van der Waals surface area contributed by atoms with Gasteiger partial charge in [0.1, 0.15) is 11.5 Å². The Morgan fingerprint density at radius 2 is 2.00 bits per heavy atom. The van der Waals surface area contributed by atoms with Crippen molar-refractivity contribution in [3.63, 3.8) is 0 Å². The molecule has 0 atom stereocenters. The molecule has 0 aliphatic carbocycles. The van der Waals surface area contributed by atoms with Crippen LogP contribution in [0.5, 0.6) is 0 Å². The zero-order valence-electron chi connectivity index (χ0n) is 11.0. The highest BCUT2D eigenvalue weighted by atomic mass is 35.5. The summed E-state index contributed by atoms with van der Waals surface area (Å²) in [6.07, 6.45) is -4.43. The molecule has 2 heterocycles. The van der Waals surface area contributed by atoms with Crippen molar-refractivity contribution in [2.75, 3.05) is 18.5 Å². The van der Waals surface area contributed by atoms with Crippen molar-refractivity contribution >= 4 is 23.3 Å². The number of carbonyl (C=O) groups is 1. The number of carbonyl (C=O) groups excluding carboxylic acids is 1. The van der Waals surface area contributed by atoms with E-state index in [9.17, 15) is 18.0 Å². The number of anilines is 1. The van der Waals surface area contributed by atoms with Crippen LogP contribution in [-0.4, -0.2) is 35.1 Å². The van der Waals surface area contributed by atoms with Gasteiger partial charge in [0.15, 0.2) is 0 Å². The average Bonchev–Trinajstić information content (AvgIpc) is 2.46. The second-order valence-electron chi connectivity index (χ2n) is 4.78. The molecule has 0 saturated carbocycles. The van der Waals surface area contributed by atoms with E-state index >= 15 is 0 Å². The van der Waals surface area contributed by atoms with Crippen molar-refractivity contribution in [2.24, 2.45) is 11.8 Å². The minimum absolute atomic E-state index is 0.0161. The molecule has 1 saturated heterocycles. The molecule has 1 fully saturated rings. The summed E-state index contributed by atoms with van der Waals surface area (Å²) in [4.78, 5) is 17.6. The van der Waals surface area contributed by atoms with Gasteiger partial charge < -0.3 is 10.3 Å². The van der Waals surface area contributed by atoms with Gasteiger partial charge >= 0.3 is 6.18 Å². The number of hydrogen-bond acceptors (Lipinski definition) is 4. The summed E-state index contributed by atoms with van der Waals surface area (Å²) in [5.74, 6) is 3.62. The molecular weight excluding hydrogens is 309 g/mol. The number of rotatable bonds is 2. The topological polar surface area (TPSA) is 71.2 Å². The SMILES string of the molecule is NNc1ccc(Cl)c(C(=O)N2CCC(C(F)(F)F)CC2)n1. The predicted molar refractivity (Wildman–Crippen MR) is 71.7 cm³/mol. The third-order valence-electron chi connectivity index (χ3n) is 3.44. The summed E-state index contributed by atoms with van der Waals surface area (Å²) in [7, 11) is 0. The fourth-order valence-electron chi connectivity index (χ4n) is 2.23. The molecule has 9 heteroatoms. The lowest BCUT2D eigenvalue weighted by Crippen LogP contribution is -2.42. The Morgan fingerprint density at radius 3 is 2.52 bits per heavy atom. The Labute approximate surface area is 124 Å². The summed E-state index contributed by atoms with van der Waals surface area (Å²) >= 11 is 5.91. The number of nitrogens with zero attached hydrogens (tertiary/aromatic N) is 2. The van der Waals surface area contributed by atoms with Crippen molar-refractivity contribution < 1.29 is 18.0 Å². The van der Waals surface area contributed by atoms with Gasteiger partial charge in [0, 0.05) is 13.1 Å². The molecule has 21 heavy (non-hydrogen) atoms. The number of amides is 1. The summed E-state index contributed by atoms with van der Waals surface area (Å²) in [5, 5.41) is 0.136. The van der Waals surface area contributed by atoms with E-state index in [0.29, 0.717) is 0 Å². The Morgan fingerprint density at radius 1 is 1.38 bits per heavy atom. The first-order valence-electron chi connectivity index (χ1n) is 6.32. The third-order valence-corrected chi connectivity index (χ3v) is 3.75. The first-order chi connectivity index (χ1) is 9.82. The van der Waals surface area contributed by atoms with Crippen molar-refractivity contribution in [1.82, 2.24) is 9.88 Å². The second-order valence-corrected chi connectivity index (χ2v) is 5.19. The van der Waals surface area contributed by atoms with Crippen molar-refractivity contribution in [3.05, 3.63) is 22.8 Å². The van der Waals surface area contributed by atoms with Gasteiger partial charge in [-0.15, -0.1) is 0 Å². The summed E-state index contributed by atoms with van der Waals surface area (Å²) in [6.45, 7) is 0.0581. The van der Waals surface area contributed by atoms with E-state index in [4.69, 9.17) is 17.4 Å². The third kappa shape index (κ3) is 3.56. The molecule has 0 bridgehead atoms. The zero-order valence-corrected chi connectivity index (χ0v) is 11.7. The lowest BCUT2D eigenvalue weighted by Gasteiger charge is -2.32. The predicted octanol–water partition coefficient (Wildman–Crippen LogP) is 2.44. The van der Waals surface area contributed by atoms with E-state index in [0.717, 1.165) is 0 Å². The van der Waals surface area contributed by atoms with Gasteiger partial charge in [0.05, 0.1) is 10.9 Å². The fraction of sp³-hybridized carbons (Fsp3) is 0.500. The number of halogens is 4. The molecule has 1 aromatic rings. The lowest BCUT2D eigenvalue weighted by atomic mass is 9.96.